The van der Waals surface area contributed by atoms with E-state index in [-0.39, 0.29) is 5.91 Å². The van der Waals surface area contributed by atoms with Crippen LogP contribution in [0.3, 0.4) is 0 Å². The zero-order valence-electron chi connectivity index (χ0n) is 14.0. The van der Waals surface area contributed by atoms with Gasteiger partial charge in [0.25, 0.3) is 0 Å². The van der Waals surface area contributed by atoms with Gasteiger partial charge in [-0.2, -0.15) is 0 Å². The summed E-state index contributed by atoms with van der Waals surface area (Å²) in [6.07, 6.45) is 1.22. The number of amides is 1. The second-order valence-electron chi connectivity index (χ2n) is 6.61. The molecule has 128 valence electrons. The van der Waals surface area contributed by atoms with Gasteiger partial charge in [-0.15, -0.1) is 0 Å². The molecule has 2 atom stereocenters. The lowest BCUT2D eigenvalue weighted by molar-refractivity contribution is -0.151. The van der Waals surface area contributed by atoms with E-state index in [0.29, 0.717) is 18.5 Å². The highest BCUT2D eigenvalue weighted by Gasteiger charge is 2.41. The van der Waals surface area contributed by atoms with Crippen molar-refractivity contribution in [1.82, 2.24) is 4.57 Å². The third-order valence-electron chi connectivity index (χ3n) is 5.28. The van der Waals surface area contributed by atoms with E-state index in [4.69, 9.17) is 5.11 Å². The van der Waals surface area contributed by atoms with Crippen LogP contribution in [0.15, 0.2) is 42.5 Å². The maximum absolute atomic E-state index is 12.4. The van der Waals surface area contributed by atoms with Gasteiger partial charge in [0.15, 0.2) is 0 Å². The molecule has 0 bridgehead atoms. The summed E-state index contributed by atoms with van der Waals surface area (Å²) in [7, 11) is 0. The first-order chi connectivity index (χ1) is 12.1. The SMILES string of the molecule is CCn1c2ccccc2c2cc(NC(=O)C3CCC3C(=O)O)ccc21. The number of carbonyl (C=O) groups excluding carboxylic acids is 1. The van der Waals surface area contributed by atoms with Crippen LogP contribution in [0, 0.1) is 11.8 Å². The third kappa shape index (κ3) is 2.47. The van der Waals surface area contributed by atoms with Crippen LogP contribution in [0.25, 0.3) is 21.8 Å². The molecule has 25 heavy (non-hydrogen) atoms. The smallest absolute Gasteiger partial charge is 0.307 e. The second-order valence-corrected chi connectivity index (χ2v) is 6.61. The number of anilines is 1. The molecule has 0 radical (unpaired) electrons. The number of carbonyl (C=O) groups is 2. The summed E-state index contributed by atoms with van der Waals surface area (Å²) in [5, 5.41) is 14.3. The van der Waals surface area contributed by atoms with Gasteiger partial charge in [-0.1, -0.05) is 18.2 Å². The van der Waals surface area contributed by atoms with E-state index < -0.39 is 17.8 Å². The molecule has 5 nitrogen and oxygen atoms in total. The monoisotopic (exact) mass is 336 g/mol. The molecule has 1 aromatic heterocycles. The third-order valence-corrected chi connectivity index (χ3v) is 5.28. The van der Waals surface area contributed by atoms with Crippen molar-refractivity contribution in [2.45, 2.75) is 26.3 Å². The number of aromatic nitrogens is 1. The fourth-order valence-corrected chi connectivity index (χ4v) is 3.82. The summed E-state index contributed by atoms with van der Waals surface area (Å²) in [5.74, 6) is -2.05. The molecular weight excluding hydrogens is 316 g/mol. The van der Waals surface area contributed by atoms with Crippen LogP contribution in [-0.4, -0.2) is 21.6 Å². The molecule has 4 rings (SSSR count). The highest BCUT2D eigenvalue weighted by Crippen LogP contribution is 2.36. The van der Waals surface area contributed by atoms with Crippen molar-refractivity contribution >= 4 is 39.4 Å². The van der Waals surface area contributed by atoms with Gasteiger partial charge in [0, 0.05) is 34.0 Å². The molecule has 0 saturated heterocycles. The van der Waals surface area contributed by atoms with E-state index in [0.717, 1.165) is 22.8 Å². The Balaban J connectivity index is 1.69. The van der Waals surface area contributed by atoms with Crippen molar-refractivity contribution in [2.75, 3.05) is 5.32 Å². The first-order valence-corrected chi connectivity index (χ1v) is 8.64. The normalized spacial score (nSPS) is 19.7. The molecule has 1 fully saturated rings. The fourth-order valence-electron chi connectivity index (χ4n) is 3.82. The molecule has 1 amide bonds. The maximum Gasteiger partial charge on any atom is 0.307 e. The number of hydrogen-bond acceptors (Lipinski definition) is 2. The highest BCUT2D eigenvalue weighted by atomic mass is 16.4. The van der Waals surface area contributed by atoms with Crippen molar-refractivity contribution in [3.8, 4) is 0 Å². The number of nitrogens with zero attached hydrogens (tertiary/aromatic N) is 1. The molecule has 1 heterocycles. The molecule has 1 aliphatic carbocycles. The van der Waals surface area contributed by atoms with Gasteiger partial charge in [0.05, 0.1) is 11.8 Å². The van der Waals surface area contributed by atoms with Gasteiger partial charge < -0.3 is 15.0 Å². The van der Waals surface area contributed by atoms with Crippen LogP contribution in [0.5, 0.6) is 0 Å². The molecule has 1 saturated carbocycles. The molecule has 5 heteroatoms. The molecule has 3 aromatic rings. The standard InChI is InChI=1S/C20H20N2O3/c1-2-22-17-6-4-3-5-13(17)16-11-12(7-10-18(16)22)21-19(23)14-8-9-15(14)20(24)25/h3-7,10-11,14-15H,2,8-9H2,1H3,(H,21,23)(H,24,25). The highest BCUT2D eigenvalue weighted by molar-refractivity contribution is 6.10. The fraction of sp³-hybridized carbons (Fsp3) is 0.300. The number of rotatable bonds is 4. The minimum Gasteiger partial charge on any atom is -0.481 e. The molecule has 0 spiro atoms. The predicted octanol–water partition coefficient (Wildman–Crippen LogP) is 3.86. The van der Waals surface area contributed by atoms with Crippen molar-refractivity contribution in [3.63, 3.8) is 0 Å². The number of hydrogen-bond donors (Lipinski definition) is 2. The van der Waals surface area contributed by atoms with Gasteiger partial charge in [0.2, 0.25) is 5.91 Å². The summed E-state index contributed by atoms with van der Waals surface area (Å²) in [6, 6.07) is 14.1. The maximum atomic E-state index is 12.4. The van der Waals surface area contributed by atoms with Crippen molar-refractivity contribution < 1.29 is 14.7 Å². The van der Waals surface area contributed by atoms with E-state index >= 15 is 0 Å². The van der Waals surface area contributed by atoms with Crippen LogP contribution in [0.1, 0.15) is 19.8 Å². The van der Waals surface area contributed by atoms with Crippen LogP contribution in [0.2, 0.25) is 0 Å². The zero-order chi connectivity index (χ0) is 17.6. The van der Waals surface area contributed by atoms with Gasteiger partial charge in [-0.3, -0.25) is 9.59 Å². The lowest BCUT2D eigenvalue weighted by Crippen LogP contribution is -2.41. The average molecular weight is 336 g/mol. The first-order valence-electron chi connectivity index (χ1n) is 8.64. The van der Waals surface area contributed by atoms with E-state index in [9.17, 15) is 9.59 Å². The zero-order valence-corrected chi connectivity index (χ0v) is 14.0. The van der Waals surface area contributed by atoms with Gasteiger partial charge in [-0.25, -0.2) is 0 Å². The predicted molar refractivity (Wildman–Crippen MR) is 97.6 cm³/mol. The minimum absolute atomic E-state index is 0.197. The van der Waals surface area contributed by atoms with Crippen LogP contribution in [0.4, 0.5) is 5.69 Å². The van der Waals surface area contributed by atoms with Gasteiger partial charge in [-0.05, 0) is 44.0 Å². The summed E-state index contributed by atoms with van der Waals surface area (Å²) in [5.41, 5.74) is 3.02. The number of aliphatic carboxylic acids is 1. The Morgan fingerprint density at radius 2 is 1.80 bits per heavy atom. The topological polar surface area (TPSA) is 71.3 Å². The number of nitrogens with one attached hydrogen (secondary N) is 1. The van der Waals surface area contributed by atoms with Crippen LogP contribution in [-0.2, 0) is 16.1 Å². The molecule has 2 N–H and O–H groups in total. The minimum atomic E-state index is -0.882. The largest absolute Gasteiger partial charge is 0.481 e. The second kappa shape index (κ2) is 5.92. The molecule has 0 aliphatic heterocycles. The summed E-state index contributed by atoms with van der Waals surface area (Å²) < 4.78 is 2.25. The first kappa shape index (κ1) is 15.7. The molecule has 1 aliphatic rings. The van der Waals surface area contributed by atoms with E-state index in [2.05, 4.69) is 28.9 Å². The lowest BCUT2D eigenvalue weighted by atomic mass is 9.73. The van der Waals surface area contributed by atoms with Crippen LogP contribution < -0.4 is 5.32 Å². The lowest BCUT2D eigenvalue weighted by Gasteiger charge is -2.31. The molecular formula is C20H20N2O3. The van der Waals surface area contributed by atoms with Gasteiger partial charge >= 0.3 is 5.97 Å². The number of para-hydroxylation sites is 1. The Morgan fingerprint density at radius 3 is 2.48 bits per heavy atom. The number of benzene rings is 2. The summed E-state index contributed by atoms with van der Waals surface area (Å²) >= 11 is 0. The number of carboxylic acids is 1. The van der Waals surface area contributed by atoms with E-state index in [1.165, 1.54) is 5.52 Å². The Bertz CT molecular complexity index is 989. The van der Waals surface area contributed by atoms with Crippen molar-refractivity contribution in [2.24, 2.45) is 11.8 Å². The summed E-state index contributed by atoms with van der Waals surface area (Å²) in [4.78, 5) is 23.5. The Labute approximate surface area is 145 Å². The molecule has 2 unspecified atom stereocenters. The number of fused-ring (bicyclic) bond motifs is 3. The Kier molecular flexibility index (Phi) is 3.71. The molecule has 2 aromatic carbocycles. The van der Waals surface area contributed by atoms with E-state index in [1.807, 2.05) is 30.3 Å². The number of carboxylic acid groups (broad SMARTS) is 1. The Morgan fingerprint density at radius 1 is 1.08 bits per heavy atom. The van der Waals surface area contributed by atoms with Crippen molar-refractivity contribution in [3.05, 3.63) is 42.5 Å². The van der Waals surface area contributed by atoms with Crippen molar-refractivity contribution in [1.29, 1.82) is 0 Å². The quantitative estimate of drug-likeness (QED) is 0.760. The summed E-state index contributed by atoms with van der Waals surface area (Å²) in [6.45, 7) is 2.99. The van der Waals surface area contributed by atoms with Gasteiger partial charge in [0.1, 0.15) is 0 Å². The Hall–Kier alpha value is -2.82. The number of aryl methyl sites for hydroxylation is 1. The average Bonchev–Trinajstić information content (AvgIpc) is 2.86. The van der Waals surface area contributed by atoms with E-state index in [1.54, 1.807) is 0 Å². The van der Waals surface area contributed by atoms with Crippen LogP contribution >= 0.6 is 0 Å².